The molecule has 0 bridgehead atoms. The molecule has 15 aromatic rings. The Balaban J connectivity index is 0.0000000952. The van der Waals surface area contributed by atoms with Crippen molar-refractivity contribution < 1.29 is 0 Å². The zero-order valence-electron chi connectivity index (χ0n) is 39.1. The number of benzene rings is 5. The Bertz CT molecular complexity index is 4100. The quantitative estimate of drug-likeness (QED) is 0.142. The summed E-state index contributed by atoms with van der Waals surface area (Å²) in [6, 6.07) is 52.0. The Morgan fingerprint density at radius 1 is 0.314 bits per heavy atom. The number of hydrogen-bond donors (Lipinski definition) is 0. The second-order valence-electron chi connectivity index (χ2n) is 17.2. The third kappa shape index (κ3) is 9.63. The van der Waals surface area contributed by atoms with E-state index in [-0.39, 0.29) is 0 Å². The van der Waals surface area contributed by atoms with Crippen LogP contribution in [0.25, 0.3) is 96.9 Å². The average molecular weight is 1230 g/mol. The van der Waals surface area contributed by atoms with Crippen molar-refractivity contribution in [2.75, 3.05) is 0 Å². The predicted octanol–water partition coefficient (Wildman–Crippen LogP) is 13.8. The van der Waals surface area contributed by atoms with Crippen molar-refractivity contribution in [1.29, 1.82) is 0 Å². The van der Waals surface area contributed by atoms with Crippen LogP contribution in [0.5, 0.6) is 0 Å². The minimum absolute atomic E-state index is 0.463. The molecule has 10 aromatic heterocycles. The number of fused-ring (bicyclic) bond motifs is 15. The van der Waals surface area contributed by atoms with Gasteiger partial charge in [0.25, 0.3) is 0 Å². The molecule has 0 N–H and O–H groups in total. The van der Waals surface area contributed by atoms with Crippen LogP contribution in [0.1, 0.15) is 27.9 Å². The molecule has 0 aliphatic heterocycles. The van der Waals surface area contributed by atoms with Crippen LogP contribution in [0.2, 0.25) is 0 Å². The van der Waals surface area contributed by atoms with Gasteiger partial charge in [0.05, 0.1) is 0 Å². The van der Waals surface area contributed by atoms with E-state index < -0.39 is 0 Å². The molecule has 0 spiro atoms. The van der Waals surface area contributed by atoms with Gasteiger partial charge < -0.3 is 0 Å². The van der Waals surface area contributed by atoms with E-state index in [1.165, 1.54) is 119 Å². The standard InChI is InChI=1S/5C12H9NSe/c1-8-2-3-9-10-7-13-5-4-11(10)14-12(9)6-8;1-8-3-2-4-9-10-7-13-6-5-11(10)14-12(8)9;1-8-6-11-12(13-7-8)9-4-2-3-5-10(9)14-11;1-8-6-7-13-11-9-4-2-3-5-10(9)14-12(8)11;1-8-6-7-11-12(13-8)9-4-2-3-5-10(9)14-11/h5*2-7H,1H3. The molecule has 0 unspecified atom stereocenters. The van der Waals surface area contributed by atoms with Crippen molar-refractivity contribution in [3.05, 3.63) is 211 Å². The number of rotatable bonds is 0. The van der Waals surface area contributed by atoms with Crippen LogP contribution in [0.4, 0.5) is 0 Å². The molecule has 0 radical (unpaired) electrons. The Kier molecular flexibility index (Phi) is 13.8. The minimum atomic E-state index is 0.463. The van der Waals surface area contributed by atoms with Crippen LogP contribution in [-0.2, 0) is 0 Å². The molecule has 0 saturated carbocycles. The number of hydrogen-bond acceptors (Lipinski definition) is 5. The molecule has 70 heavy (non-hydrogen) atoms. The van der Waals surface area contributed by atoms with Gasteiger partial charge in [0, 0.05) is 0 Å². The molecule has 0 aliphatic rings. The van der Waals surface area contributed by atoms with Crippen molar-refractivity contribution in [2.45, 2.75) is 34.6 Å². The molecule has 340 valence electrons. The van der Waals surface area contributed by atoms with E-state index in [1.54, 1.807) is 0 Å². The van der Waals surface area contributed by atoms with E-state index in [9.17, 15) is 0 Å². The molecule has 10 heteroatoms. The van der Waals surface area contributed by atoms with Crippen LogP contribution in [0.15, 0.2) is 183 Å². The number of aryl methyl sites for hydroxylation is 5. The van der Waals surface area contributed by atoms with Gasteiger partial charge in [-0.25, -0.2) is 0 Å². The van der Waals surface area contributed by atoms with Gasteiger partial charge in [-0.15, -0.1) is 0 Å². The fraction of sp³-hybridized carbons (Fsp3) is 0.0833. The normalized spacial score (nSPS) is 11.2. The summed E-state index contributed by atoms with van der Waals surface area (Å²) in [7, 11) is 0. The maximum atomic E-state index is 4.61. The first-order valence-corrected chi connectivity index (χ1v) is 31.5. The number of pyridine rings is 5. The topological polar surface area (TPSA) is 64.5 Å². The summed E-state index contributed by atoms with van der Waals surface area (Å²) in [5, 5.41) is 9.47. The van der Waals surface area contributed by atoms with E-state index in [0.29, 0.717) is 72.5 Å². The molecule has 0 atom stereocenters. The second kappa shape index (κ2) is 20.7. The van der Waals surface area contributed by atoms with Crippen LogP contribution >= 0.6 is 0 Å². The zero-order chi connectivity index (χ0) is 47.7. The summed E-state index contributed by atoms with van der Waals surface area (Å²) in [6.07, 6.45) is 11.6. The van der Waals surface area contributed by atoms with Gasteiger partial charge in [-0.05, 0) is 0 Å². The van der Waals surface area contributed by atoms with E-state index >= 15 is 0 Å². The molecule has 5 nitrogen and oxygen atoms in total. The van der Waals surface area contributed by atoms with E-state index in [0.717, 1.165) is 5.69 Å². The second-order valence-corrected chi connectivity index (χ2v) is 28.4. The summed E-state index contributed by atoms with van der Waals surface area (Å²) in [5.74, 6) is 0. The zero-order valence-corrected chi connectivity index (χ0v) is 47.7. The number of aromatic nitrogens is 5. The average Bonchev–Trinajstić information content (AvgIpc) is 4.21. The fourth-order valence-corrected chi connectivity index (χ4v) is 20.5. The van der Waals surface area contributed by atoms with Crippen molar-refractivity contribution >= 4 is 169 Å². The van der Waals surface area contributed by atoms with Gasteiger partial charge in [0.15, 0.2) is 0 Å². The molecule has 15 rings (SSSR count). The van der Waals surface area contributed by atoms with Crippen LogP contribution in [-0.4, -0.2) is 97.4 Å². The molecule has 0 fully saturated rings. The van der Waals surface area contributed by atoms with Crippen molar-refractivity contribution in [1.82, 2.24) is 24.9 Å². The molecule has 0 aliphatic carbocycles. The molecule has 0 amide bonds. The fourth-order valence-electron chi connectivity index (χ4n) is 8.62. The molecule has 10 heterocycles. The van der Waals surface area contributed by atoms with E-state index in [1.807, 2.05) is 44.1 Å². The molecule has 5 aromatic carbocycles. The summed E-state index contributed by atoms with van der Waals surface area (Å²) >= 11 is 2.36. The maximum absolute atomic E-state index is 4.61. The molecular weight excluding hydrogens is 1190 g/mol. The Hall–Kier alpha value is -5.55. The molecular formula is C60H45N5Se5. The SMILES string of the molecule is Cc1ccc2[se]c3ccccc3c2n1.Cc1ccc2c(c1)[se]c1ccncc12.Cc1cccc2c1[se]c1ccncc12.Cc1ccnc2c1[se]c1ccccc12.Cc1cnc2c(c1)[se]c1ccccc12. The Labute approximate surface area is 435 Å². The molecule has 0 saturated heterocycles. The first kappa shape index (κ1) is 46.8. The van der Waals surface area contributed by atoms with Gasteiger partial charge in [0.2, 0.25) is 0 Å². The summed E-state index contributed by atoms with van der Waals surface area (Å²) in [5.41, 5.74) is 10.1. The third-order valence-corrected chi connectivity index (χ3v) is 24.6. The van der Waals surface area contributed by atoms with Crippen LogP contribution in [0.3, 0.4) is 0 Å². The summed E-state index contributed by atoms with van der Waals surface area (Å²) in [4.78, 5) is 22.0. The van der Waals surface area contributed by atoms with E-state index in [2.05, 4.69) is 198 Å². The van der Waals surface area contributed by atoms with Crippen LogP contribution in [0, 0.1) is 34.6 Å². The van der Waals surface area contributed by atoms with Crippen molar-refractivity contribution in [2.24, 2.45) is 0 Å². The first-order valence-electron chi connectivity index (χ1n) is 22.9. The number of nitrogens with zero attached hydrogens (tertiary/aromatic N) is 5. The first-order chi connectivity index (χ1) is 34.3. The summed E-state index contributed by atoms with van der Waals surface area (Å²) in [6.45, 7) is 10.7. The van der Waals surface area contributed by atoms with Gasteiger partial charge in [-0.1, -0.05) is 0 Å². The van der Waals surface area contributed by atoms with E-state index in [4.69, 9.17) is 0 Å². The van der Waals surface area contributed by atoms with Gasteiger partial charge >= 0.3 is 440 Å². The Morgan fingerprint density at radius 2 is 0.871 bits per heavy atom. The van der Waals surface area contributed by atoms with Crippen molar-refractivity contribution in [3.63, 3.8) is 0 Å². The summed E-state index contributed by atoms with van der Waals surface area (Å²) < 4.78 is 14.7. The van der Waals surface area contributed by atoms with Crippen molar-refractivity contribution in [3.8, 4) is 0 Å². The third-order valence-electron chi connectivity index (χ3n) is 12.1. The van der Waals surface area contributed by atoms with Crippen LogP contribution < -0.4 is 0 Å². The van der Waals surface area contributed by atoms with Gasteiger partial charge in [-0.2, -0.15) is 0 Å². The van der Waals surface area contributed by atoms with Gasteiger partial charge in [0.1, 0.15) is 0 Å². The monoisotopic (exact) mass is 1230 g/mol. The Morgan fingerprint density at radius 3 is 1.61 bits per heavy atom. The predicted molar refractivity (Wildman–Crippen MR) is 305 cm³/mol. The van der Waals surface area contributed by atoms with Gasteiger partial charge in [-0.3, -0.25) is 0 Å².